The number of morpholine rings is 1. The smallest absolute Gasteiger partial charge is 0.0791 e. The van der Waals surface area contributed by atoms with Crippen molar-refractivity contribution in [2.75, 3.05) is 31.1 Å². The monoisotopic (exact) mass is 338 g/mol. The molecule has 0 spiro atoms. The molecule has 0 aliphatic carbocycles. The first-order valence-corrected chi connectivity index (χ1v) is 9.23. The molecule has 0 unspecified atom stereocenters. The average Bonchev–Trinajstić information content (AvgIpc) is 2.85. The third kappa shape index (κ3) is 3.83. The minimum atomic E-state index is 0.310. The molecule has 4 rings (SSSR count). The van der Waals surface area contributed by atoms with Crippen LogP contribution in [-0.2, 0) is 11.3 Å². The van der Waals surface area contributed by atoms with E-state index in [1.807, 2.05) is 18.5 Å². The molecule has 0 aromatic carbocycles. The van der Waals surface area contributed by atoms with E-state index in [4.69, 9.17) is 4.74 Å². The molecule has 0 radical (unpaired) electrons. The van der Waals surface area contributed by atoms with E-state index in [2.05, 4.69) is 51.0 Å². The van der Waals surface area contributed by atoms with Crippen LogP contribution in [0.4, 0.5) is 5.69 Å². The van der Waals surface area contributed by atoms with Crippen LogP contribution in [0.5, 0.6) is 0 Å². The summed E-state index contributed by atoms with van der Waals surface area (Å²) >= 11 is 0. The van der Waals surface area contributed by atoms with Crippen molar-refractivity contribution in [3.05, 3.63) is 54.1 Å². The molecule has 0 bridgehead atoms. The van der Waals surface area contributed by atoms with Crippen molar-refractivity contribution in [2.24, 2.45) is 0 Å². The lowest BCUT2D eigenvalue weighted by atomic mass is 10.0. The van der Waals surface area contributed by atoms with Crippen molar-refractivity contribution in [1.29, 1.82) is 0 Å². The van der Waals surface area contributed by atoms with Gasteiger partial charge in [-0.05, 0) is 44.0 Å². The van der Waals surface area contributed by atoms with Crippen LogP contribution in [0.2, 0.25) is 0 Å². The summed E-state index contributed by atoms with van der Waals surface area (Å²) in [4.78, 5) is 14.0. The maximum atomic E-state index is 6.13. The molecule has 25 heavy (non-hydrogen) atoms. The molecule has 2 saturated heterocycles. The Labute approximate surface area is 149 Å². The second kappa shape index (κ2) is 7.50. The molecular weight excluding hydrogens is 312 g/mol. The second-order valence-electron chi connectivity index (χ2n) is 7.01. The fourth-order valence-electron chi connectivity index (χ4n) is 4.05. The van der Waals surface area contributed by atoms with Gasteiger partial charge in [0.1, 0.15) is 0 Å². The topological polar surface area (TPSA) is 41.5 Å². The Morgan fingerprint density at radius 2 is 2.04 bits per heavy atom. The lowest BCUT2D eigenvalue weighted by Gasteiger charge is -2.41. The molecule has 0 N–H and O–H groups in total. The highest BCUT2D eigenvalue weighted by Gasteiger charge is 2.34. The fourth-order valence-corrected chi connectivity index (χ4v) is 4.05. The number of nitrogens with zero attached hydrogens (tertiary/aromatic N) is 4. The van der Waals surface area contributed by atoms with Crippen LogP contribution in [0, 0.1) is 6.92 Å². The fraction of sp³-hybridized carbons (Fsp3) is 0.500. The number of aromatic nitrogens is 2. The Balaban J connectivity index is 1.46. The average molecular weight is 338 g/mol. The molecule has 2 atom stereocenters. The van der Waals surface area contributed by atoms with Gasteiger partial charge in [0, 0.05) is 38.1 Å². The van der Waals surface area contributed by atoms with Crippen LogP contribution in [-0.4, -0.2) is 53.3 Å². The summed E-state index contributed by atoms with van der Waals surface area (Å²) in [5.41, 5.74) is 3.47. The van der Waals surface area contributed by atoms with Gasteiger partial charge in [-0.3, -0.25) is 14.9 Å². The van der Waals surface area contributed by atoms with Crippen LogP contribution in [0.25, 0.3) is 0 Å². The molecule has 132 valence electrons. The van der Waals surface area contributed by atoms with E-state index in [0.29, 0.717) is 12.1 Å². The summed E-state index contributed by atoms with van der Waals surface area (Å²) in [5, 5.41) is 0. The van der Waals surface area contributed by atoms with Gasteiger partial charge >= 0.3 is 0 Å². The van der Waals surface area contributed by atoms with Crippen LogP contribution < -0.4 is 4.90 Å². The van der Waals surface area contributed by atoms with Crippen molar-refractivity contribution < 1.29 is 4.74 Å². The van der Waals surface area contributed by atoms with Gasteiger partial charge in [0.25, 0.3) is 0 Å². The third-order valence-corrected chi connectivity index (χ3v) is 5.27. The summed E-state index contributed by atoms with van der Waals surface area (Å²) in [6.45, 7) is 6.88. The van der Waals surface area contributed by atoms with Gasteiger partial charge < -0.3 is 9.64 Å². The van der Waals surface area contributed by atoms with Crippen LogP contribution in [0.15, 0.2) is 42.7 Å². The molecule has 0 amide bonds. The van der Waals surface area contributed by atoms with Gasteiger partial charge in [-0.15, -0.1) is 0 Å². The minimum absolute atomic E-state index is 0.310. The zero-order chi connectivity index (χ0) is 17.1. The lowest BCUT2D eigenvalue weighted by molar-refractivity contribution is 0.00892. The number of aryl methyl sites for hydroxylation is 1. The number of hydrogen-bond acceptors (Lipinski definition) is 5. The third-order valence-electron chi connectivity index (χ3n) is 5.27. The standard InChI is InChI=1S/C20H26N4O/c1-16-4-2-5-17(22-16)15-23-10-7-19-20(8-11-23)25-13-12-24(19)18-6-3-9-21-14-18/h2-6,9,14,19-20H,7-8,10-13,15H2,1H3/t19-,20+/m1/s1. The van der Waals surface area contributed by atoms with E-state index in [9.17, 15) is 0 Å². The SMILES string of the molecule is Cc1cccc(CN2CC[C@@H]3OCCN(c4cccnc4)[C@@H]3CC2)n1. The normalized spacial score (nSPS) is 24.6. The van der Waals surface area contributed by atoms with E-state index in [1.165, 1.54) is 5.69 Å². The first-order valence-electron chi connectivity index (χ1n) is 9.23. The largest absolute Gasteiger partial charge is 0.374 e. The maximum Gasteiger partial charge on any atom is 0.0791 e. The Kier molecular flexibility index (Phi) is 4.95. The summed E-state index contributed by atoms with van der Waals surface area (Å²) in [6, 6.07) is 10.9. The van der Waals surface area contributed by atoms with E-state index >= 15 is 0 Å². The second-order valence-corrected chi connectivity index (χ2v) is 7.01. The van der Waals surface area contributed by atoms with Crippen LogP contribution >= 0.6 is 0 Å². The highest BCUT2D eigenvalue weighted by molar-refractivity contribution is 5.45. The number of hydrogen-bond donors (Lipinski definition) is 0. The van der Waals surface area contributed by atoms with Crippen molar-refractivity contribution in [1.82, 2.24) is 14.9 Å². The maximum absolute atomic E-state index is 6.13. The molecule has 2 aromatic rings. The predicted molar refractivity (Wildman–Crippen MR) is 98.6 cm³/mol. The van der Waals surface area contributed by atoms with Crippen LogP contribution in [0.3, 0.4) is 0 Å². The molecule has 4 heterocycles. The number of anilines is 1. The molecule has 2 fully saturated rings. The number of pyridine rings is 2. The van der Waals surface area contributed by atoms with Crippen molar-refractivity contribution in [3.8, 4) is 0 Å². The summed E-state index contributed by atoms with van der Waals surface area (Å²) in [5.74, 6) is 0. The molecule has 2 aliphatic rings. The summed E-state index contributed by atoms with van der Waals surface area (Å²) in [6.07, 6.45) is 6.32. The molecular formula is C20H26N4O. The first-order chi connectivity index (χ1) is 12.3. The number of fused-ring (bicyclic) bond motifs is 1. The number of ether oxygens (including phenoxy) is 1. The van der Waals surface area contributed by atoms with Crippen molar-refractivity contribution >= 4 is 5.69 Å². The molecule has 2 aromatic heterocycles. The zero-order valence-corrected chi connectivity index (χ0v) is 14.8. The van der Waals surface area contributed by atoms with Gasteiger partial charge in [0.05, 0.1) is 36.3 Å². The van der Waals surface area contributed by atoms with Crippen LogP contribution in [0.1, 0.15) is 24.2 Å². The lowest BCUT2D eigenvalue weighted by Crippen LogP contribution is -2.51. The van der Waals surface area contributed by atoms with Crippen molar-refractivity contribution in [2.45, 2.75) is 38.5 Å². The number of likely N-dealkylation sites (tertiary alicyclic amines) is 1. The predicted octanol–water partition coefficient (Wildman–Crippen LogP) is 2.65. The molecule has 2 aliphatic heterocycles. The Bertz CT molecular complexity index is 693. The Morgan fingerprint density at radius 3 is 2.88 bits per heavy atom. The zero-order valence-electron chi connectivity index (χ0n) is 14.8. The van der Waals surface area contributed by atoms with Gasteiger partial charge in [0.15, 0.2) is 0 Å². The van der Waals surface area contributed by atoms with Gasteiger partial charge in [0.2, 0.25) is 0 Å². The Hall–Kier alpha value is -1.98. The van der Waals surface area contributed by atoms with Gasteiger partial charge in [-0.1, -0.05) is 6.07 Å². The van der Waals surface area contributed by atoms with E-state index in [-0.39, 0.29) is 0 Å². The quantitative estimate of drug-likeness (QED) is 0.861. The molecule has 5 heteroatoms. The number of rotatable bonds is 3. The van der Waals surface area contributed by atoms with E-state index in [0.717, 1.165) is 57.0 Å². The van der Waals surface area contributed by atoms with E-state index < -0.39 is 0 Å². The highest BCUT2D eigenvalue weighted by Crippen LogP contribution is 2.28. The van der Waals surface area contributed by atoms with Gasteiger partial charge in [-0.25, -0.2) is 0 Å². The molecule has 5 nitrogen and oxygen atoms in total. The highest BCUT2D eigenvalue weighted by atomic mass is 16.5. The Morgan fingerprint density at radius 1 is 1.12 bits per heavy atom. The molecule has 0 saturated carbocycles. The summed E-state index contributed by atoms with van der Waals surface area (Å²) < 4.78 is 6.13. The van der Waals surface area contributed by atoms with Crippen molar-refractivity contribution in [3.63, 3.8) is 0 Å². The first kappa shape index (κ1) is 16.5. The summed E-state index contributed by atoms with van der Waals surface area (Å²) in [7, 11) is 0. The minimum Gasteiger partial charge on any atom is -0.374 e. The van der Waals surface area contributed by atoms with Gasteiger partial charge in [-0.2, -0.15) is 0 Å². The van der Waals surface area contributed by atoms with E-state index in [1.54, 1.807) is 0 Å².